The Labute approximate surface area is 61.7 Å². The van der Waals surface area contributed by atoms with Gasteiger partial charge in [0.05, 0.1) is 0 Å². The summed E-state index contributed by atoms with van der Waals surface area (Å²) in [5, 5.41) is 0. The van der Waals surface area contributed by atoms with Gasteiger partial charge in [-0.15, -0.1) is 12.4 Å². The predicted molar refractivity (Wildman–Crippen MR) is 40.8 cm³/mol. The van der Waals surface area contributed by atoms with Crippen LogP contribution in [0, 0.1) is 6.20 Å². The molecule has 0 aromatic carbocycles. The second-order valence-electron chi connectivity index (χ2n) is 2.98. The standard InChI is InChI=1S/C9H12N/c1-2-6-9(5-1)10-7-3-4-8-10/h3-4,7,9H,1-2,5-6H2/q-1. The Morgan fingerprint density at radius 3 is 2.70 bits per heavy atom. The minimum atomic E-state index is 0.759. The smallest absolute Gasteiger partial charge is 0.00936 e. The summed E-state index contributed by atoms with van der Waals surface area (Å²) in [5.41, 5.74) is 0. The molecule has 0 atom stereocenters. The first kappa shape index (κ1) is 6.02. The molecule has 0 N–H and O–H groups in total. The lowest BCUT2D eigenvalue weighted by Gasteiger charge is -2.16. The van der Waals surface area contributed by atoms with Gasteiger partial charge in [-0.05, 0) is 12.8 Å². The van der Waals surface area contributed by atoms with Crippen molar-refractivity contribution in [3.05, 3.63) is 24.5 Å². The Bertz CT molecular complexity index is 183. The van der Waals surface area contributed by atoms with Crippen LogP contribution in [0.2, 0.25) is 0 Å². The van der Waals surface area contributed by atoms with Gasteiger partial charge >= 0.3 is 0 Å². The zero-order chi connectivity index (χ0) is 6.81. The van der Waals surface area contributed by atoms with Crippen LogP contribution in [0.5, 0.6) is 0 Å². The summed E-state index contributed by atoms with van der Waals surface area (Å²) >= 11 is 0. The highest BCUT2D eigenvalue weighted by Crippen LogP contribution is 2.28. The molecule has 0 spiro atoms. The van der Waals surface area contributed by atoms with Crippen LogP contribution >= 0.6 is 0 Å². The van der Waals surface area contributed by atoms with E-state index in [4.69, 9.17) is 0 Å². The third-order valence-corrected chi connectivity index (χ3v) is 2.28. The number of aromatic nitrogens is 1. The second-order valence-corrected chi connectivity index (χ2v) is 2.98. The Morgan fingerprint density at radius 2 is 2.10 bits per heavy atom. The summed E-state index contributed by atoms with van der Waals surface area (Å²) in [7, 11) is 0. The first-order valence-electron chi connectivity index (χ1n) is 4.01. The van der Waals surface area contributed by atoms with E-state index in [2.05, 4.69) is 23.0 Å². The molecule has 1 fully saturated rings. The molecule has 1 heterocycles. The van der Waals surface area contributed by atoms with E-state index in [0.717, 1.165) is 6.04 Å². The van der Waals surface area contributed by atoms with Crippen molar-refractivity contribution in [3.8, 4) is 0 Å². The molecule has 1 heteroatoms. The average Bonchev–Trinajstić information content (AvgIpc) is 2.59. The van der Waals surface area contributed by atoms with Crippen LogP contribution < -0.4 is 0 Å². The predicted octanol–water partition coefficient (Wildman–Crippen LogP) is 2.40. The minimum Gasteiger partial charge on any atom is -0.468 e. The number of rotatable bonds is 1. The van der Waals surface area contributed by atoms with E-state index in [1.54, 1.807) is 0 Å². The highest BCUT2D eigenvalue weighted by atomic mass is 15.0. The van der Waals surface area contributed by atoms with Crippen molar-refractivity contribution in [2.24, 2.45) is 0 Å². The molecule has 1 aromatic rings. The molecular formula is C9H12N-. The fourth-order valence-corrected chi connectivity index (χ4v) is 1.72. The summed E-state index contributed by atoms with van der Waals surface area (Å²) in [6.45, 7) is 0. The van der Waals surface area contributed by atoms with Crippen molar-refractivity contribution < 1.29 is 0 Å². The summed E-state index contributed by atoms with van der Waals surface area (Å²) in [4.78, 5) is 0. The monoisotopic (exact) mass is 134 g/mol. The number of nitrogens with zero attached hydrogens (tertiary/aromatic N) is 1. The minimum absolute atomic E-state index is 0.759. The molecule has 1 nitrogen and oxygen atoms in total. The second kappa shape index (κ2) is 2.49. The molecule has 0 radical (unpaired) electrons. The van der Waals surface area contributed by atoms with E-state index < -0.39 is 0 Å². The van der Waals surface area contributed by atoms with Gasteiger partial charge in [-0.1, -0.05) is 12.8 Å². The maximum Gasteiger partial charge on any atom is 0.00936 e. The SMILES string of the molecule is [c-]1cccn1C1CCCC1. The molecule has 0 amide bonds. The zero-order valence-corrected chi connectivity index (χ0v) is 6.09. The van der Waals surface area contributed by atoms with Gasteiger partial charge in [0.25, 0.3) is 0 Å². The van der Waals surface area contributed by atoms with E-state index in [9.17, 15) is 0 Å². The molecule has 2 rings (SSSR count). The summed E-state index contributed by atoms with van der Waals surface area (Å²) in [6, 6.07) is 4.80. The van der Waals surface area contributed by atoms with Crippen LogP contribution in [0.25, 0.3) is 0 Å². The van der Waals surface area contributed by atoms with Crippen molar-refractivity contribution in [1.29, 1.82) is 0 Å². The van der Waals surface area contributed by atoms with E-state index in [0.29, 0.717) is 0 Å². The lowest BCUT2D eigenvalue weighted by Crippen LogP contribution is -2.00. The van der Waals surface area contributed by atoms with E-state index in [1.165, 1.54) is 25.7 Å². The highest BCUT2D eigenvalue weighted by molar-refractivity contribution is 4.92. The molecule has 1 saturated carbocycles. The van der Waals surface area contributed by atoms with Gasteiger partial charge in [0.1, 0.15) is 0 Å². The van der Waals surface area contributed by atoms with Crippen molar-refractivity contribution in [3.63, 3.8) is 0 Å². The van der Waals surface area contributed by atoms with Gasteiger partial charge in [-0.25, -0.2) is 0 Å². The molecule has 0 bridgehead atoms. The van der Waals surface area contributed by atoms with Crippen LogP contribution in [0.3, 0.4) is 0 Å². The first-order chi connectivity index (χ1) is 4.97. The molecule has 1 aliphatic rings. The van der Waals surface area contributed by atoms with E-state index in [1.807, 2.05) is 6.07 Å². The molecule has 1 aliphatic carbocycles. The first-order valence-corrected chi connectivity index (χ1v) is 4.01. The molecule has 10 heavy (non-hydrogen) atoms. The largest absolute Gasteiger partial charge is 0.468 e. The third kappa shape index (κ3) is 0.962. The maximum atomic E-state index is 3.20. The third-order valence-electron chi connectivity index (χ3n) is 2.28. The number of hydrogen-bond donors (Lipinski definition) is 0. The van der Waals surface area contributed by atoms with Crippen LogP contribution in [-0.4, -0.2) is 4.57 Å². The summed E-state index contributed by atoms with van der Waals surface area (Å²) in [5.74, 6) is 0. The van der Waals surface area contributed by atoms with Gasteiger partial charge in [0, 0.05) is 6.04 Å². The Morgan fingerprint density at radius 1 is 1.30 bits per heavy atom. The van der Waals surface area contributed by atoms with E-state index >= 15 is 0 Å². The van der Waals surface area contributed by atoms with Crippen LogP contribution in [-0.2, 0) is 0 Å². The zero-order valence-electron chi connectivity index (χ0n) is 6.09. The van der Waals surface area contributed by atoms with Crippen molar-refractivity contribution in [2.45, 2.75) is 31.7 Å². The van der Waals surface area contributed by atoms with Gasteiger partial charge < -0.3 is 4.57 Å². The summed E-state index contributed by atoms with van der Waals surface area (Å²) in [6.07, 6.45) is 10.8. The molecule has 54 valence electrons. The van der Waals surface area contributed by atoms with Crippen molar-refractivity contribution in [1.82, 2.24) is 4.57 Å². The molecule has 0 unspecified atom stereocenters. The normalized spacial score (nSPS) is 20.0. The fraction of sp³-hybridized carbons (Fsp3) is 0.556. The van der Waals surface area contributed by atoms with Crippen LogP contribution in [0.15, 0.2) is 18.3 Å². The Balaban J connectivity index is 2.12. The molecule has 0 aliphatic heterocycles. The quantitative estimate of drug-likeness (QED) is 0.520. The molecular weight excluding hydrogens is 122 g/mol. The van der Waals surface area contributed by atoms with Gasteiger partial charge in [-0.2, -0.15) is 12.1 Å². The number of hydrogen-bond acceptors (Lipinski definition) is 0. The van der Waals surface area contributed by atoms with E-state index in [-0.39, 0.29) is 0 Å². The lowest BCUT2D eigenvalue weighted by atomic mass is 10.2. The average molecular weight is 134 g/mol. The highest BCUT2D eigenvalue weighted by Gasteiger charge is 2.12. The molecule has 1 aromatic heterocycles. The molecule has 0 saturated heterocycles. The van der Waals surface area contributed by atoms with Gasteiger partial charge in [0.15, 0.2) is 0 Å². The Kier molecular flexibility index (Phi) is 1.50. The lowest BCUT2D eigenvalue weighted by molar-refractivity contribution is 0.518. The van der Waals surface area contributed by atoms with Crippen LogP contribution in [0.1, 0.15) is 31.7 Å². The maximum absolute atomic E-state index is 3.20. The van der Waals surface area contributed by atoms with Crippen molar-refractivity contribution >= 4 is 0 Å². The van der Waals surface area contributed by atoms with Crippen molar-refractivity contribution in [2.75, 3.05) is 0 Å². The van der Waals surface area contributed by atoms with Gasteiger partial charge in [0.2, 0.25) is 0 Å². The Hall–Kier alpha value is -0.720. The summed E-state index contributed by atoms with van der Waals surface area (Å²) < 4.78 is 2.22. The fourth-order valence-electron chi connectivity index (χ4n) is 1.72. The topological polar surface area (TPSA) is 4.93 Å². The van der Waals surface area contributed by atoms with Gasteiger partial charge in [-0.3, -0.25) is 0 Å². The van der Waals surface area contributed by atoms with Crippen LogP contribution in [0.4, 0.5) is 0 Å².